The molecule has 8 nitrogen and oxygen atoms in total. The highest BCUT2D eigenvalue weighted by molar-refractivity contribution is 7.92. The average Bonchev–Trinajstić information content (AvgIpc) is 3.60. The van der Waals surface area contributed by atoms with Crippen molar-refractivity contribution in [1.82, 2.24) is 10.2 Å². The Bertz CT molecular complexity index is 1750. The highest BCUT2D eigenvalue weighted by Crippen LogP contribution is 2.33. The Balaban J connectivity index is 1.59. The first-order valence-electron chi connectivity index (χ1n) is 15.9. The van der Waals surface area contributed by atoms with Crippen molar-refractivity contribution in [3.63, 3.8) is 0 Å². The van der Waals surface area contributed by atoms with E-state index in [1.807, 2.05) is 30.3 Å². The van der Waals surface area contributed by atoms with E-state index in [9.17, 15) is 18.0 Å². The summed E-state index contributed by atoms with van der Waals surface area (Å²) in [5, 5.41) is 3.12. The second-order valence-corrected chi connectivity index (χ2v) is 13.4. The zero-order valence-electron chi connectivity index (χ0n) is 26.4. The Morgan fingerprint density at radius 1 is 0.872 bits per heavy atom. The van der Waals surface area contributed by atoms with Gasteiger partial charge in [-0.05, 0) is 55.7 Å². The highest BCUT2D eigenvalue weighted by Gasteiger charge is 2.36. The third-order valence-electron chi connectivity index (χ3n) is 8.32. The highest BCUT2D eigenvalue weighted by atomic mass is 32.2. The molecule has 5 rings (SSSR count). The lowest BCUT2D eigenvalue weighted by Gasteiger charge is -2.34. The summed E-state index contributed by atoms with van der Waals surface area (Å²) in [6, 6.07) is 28.7. The first kappa shape index (κ1) is 33.7. The lowest BCUT2D eigenvalue weighted by atomic mass is 10.0. The summed E-state index contributed by atoms with van der Waals surface area (Å²) in [5.74, 6) is -1.28. The molecule has 1 aliphatic rings. The van der Waals surface area contributed by atoms with Crippen LogP contribution in [0.25, 0.3) is 0 Å². The van der Waals surface area contributed by atoms with Gasteiger partial charge in [0.15, 0.2) is 0 Å². The van der Waals surface area contributed by atoms with Crippen LogP contribution in [-0.2, 0) is 32.6 Å². The second-order valence-electron chi connectivity index (χ2n) is 11.5. The predicted octanol–water partition coefficient (Wildman–Crippen LogP) is 6.12. The standard InChI is InChI=1S/C37H40FN3O5S/c1-2-46-35-24-14-13-23-33(35)41(47(44,45)31-20-7-4-8-21-31)27-36(42)40(26-29-17-9-12-22-32(29)38)34(25-28-15-5-3-6-16-28)37(43)39-30-18-10-11-19-30/h3-9,12-17,20-24,30,34H,2,10-11,18-19,25-27H2,1H3,(H,39,43)/t34-/m0/s1. The van der Waals surface area contributed by atoms with Crippen molar-refractivity contribution in [2.24, 2.45) is 0 Å². The van der Waals surface area contributed by atoms with Gasteiger partial charge in [-0.3, -0.25) is 13.9 Å². The smallest absolute Gasteiger partial charge is 0.264 e. The van der Waals surface area contributed by atoms with Crippen molar-refractivity contribution >= 4 is 27.5 Å². The van der Waals surface area contributed by atoms with Gasteiger partial charge in [0.1, 0.15) is 24.2 Å². The maximum absolute atomic E-state index is 15.1. The zero-order chi connectivity index (χ0) is 33.2. The van der Waals surface area contributed by atoms with Crippen LogP contribution in [0, 0.1) is 5.82 Å². The molecular formula is C37H40FN3O5S. The number of nitrogens with one attached hydrogen (secondary N) is 1. The minimum Gasteiger partial charge on any atom is -0.492 e. The minimum atomic E-state index is -4.30. The predicted molar refractivity (Wildman–Crippen MR) is 180 cm³/mol. The Hall–Kier alpha value is -4.70. The number of anilines is 1. The molecule has 1 fully saturated rings. The topological polar surface area (TPSA) is 96.0 Å². The molecule has 246 valence electrons. The molecule has 1 aliphatic carbocycles. The zero-order valence-corrected chi connectivity index (χ0v) is 27.2. The minimum absolute atomic E-state index is 0.0143. The van der Waals surface area contributed by atoms with Crippen molar-refractivity contribution in [3.05, 3.63) is 126 Å². The lowest BCUT2D eigenvalue weighted by Crippen LogP contribution is -2.54. The molecule has 47 heavy (non-hydrogen) atoms. The molecule has 0 bridgehead atoms. The van der Waals surface area contributed by atoms with Crippen LogP contribution in [0.4, 0.5) is 10.1 Å². The van der Waals surface area contributed by atoms with Crippen molar-refractivity contribution < 1.29 is 27.1 Å². The number of ether oxygens (including phenoxy) is 1. The van der Waals surface area contributed by atoms with Crippen LogP contribution in [0.15, 0.2) is 114 Å². The second kappa shape index (κ2) is 15.7. The fraction of sp³-hybridized carbons (Fsp3) is 0.297. The summed E-state index contributed by atoms with van der Waals surface area (Å²) >= 11 is 0. The normalized spacial score (nSPS) is 13.9. The van der Waals surface area contributed by atoms with E-state index in [0.717, 1.165) is 35.6 Å². The summed E-state index contributed by atoms with van der Waals surface area (Å²) in [4.78, 5) is 30.0. The molecule has 0 unspecified atom stereocenters. The maximum Gasteiger partial charge on any atom is 0.264 e. The van der Waals surface area contributed by atoms with Gasteiger partial charge in [-0.15, -0.1) is 0 Å². The van der Waals surface area contributed by atoms with Gasteiger partial charge < -0.3 is 15.0 Å². The number of hydrogen-bond acceptors (Lipinski definition) is 5. The number of rotatable bonds is 14. The summed E-state index contributed by atoms with van der Waals surface area (Å²) in [6.45, 7) is 1.15. The number of carbonyl (C=O) groups is 2. The van der Waals surface area contributed by atoms with Gasteiger partial charge in [-0.25, -0.2) is 12.8 Å². The Labute approximate surface area is 276 Å². The molecule has 0 spiro atoms. The third kappa shape index (κ3) is 8.37. The molecule has 1 N–H and O–H groups in total. The number of amides is 2. The fourth-order valence-corrected chi connectivity index (χ4v) is 7.35. The maximum atomic E-state index is 15.1. The molecule has 4 aromatic rings. The summed E-state index contributed by atoms with van der Waals surface area (Å²) in [7, 11) is -4.30. The summed E-state index contributed by atoms with van der Waals surface area (Å²) in [6.07, 6.45) is 3.82. The monoisotopic (exact) mass is 657 g/mol. The molecule has 0 aliphatic heterocycles. The van der Waals surface area contributed by atoms with E-state index in [4.69, 9.17) is 4.74 Å². The van der Waals surface area contributed by atoms with Gasteiger partial charge in [0.05, 0.1) is 17.2 Å². The van der Waals surface area contributed by atoms with Crippen molar-refractivity contribution in [2.75, 3.05) is 17.5 Å². The van der Waals surface area contributed by atoms with Crippen LogP contribution in [0.1, 0.15) is 43.7 Å². The average molecular weight is 658 g/mol. The van der Waals surface area contributed by atoms with Gasteiger partial charge in [0, 0.05) is 24.6 Å². The fourth-order valence-electron chi connectivity index (χ4n) is 5.91. The Kier molecular flexibility index (Phi) is 11.3. The number of halogens is 1. The van der Waals surface area contributed by atoms with Crippen LogP contribution in [0.3, 0.4) is 0 Å². The largest absolute Gasteiger partial charge is 0.492 e. The summed E-state index contributed by atoms with van der Waals surface area (Å²) < 4.78 is 50.4. The van der Waals surface area contributed by atoms with E-state index in [0.29, 0.717) is 0 Å². The molecule has 1 saturated carbocycles. The molecule has 2 amide bonds. The van der Waals surface area contributed by atoms with Crippen molar-refractivity contribution in [1.29, 1.82) is 0 Å². The number of nitrogens with zero attached hydrogens (tertiary/aromatic N) is 2. The first-order chi connectivity index (χ1) is 22.8. The van der Waals surface area contributed by atoms with E-state index in [1.54, 1.807) is 67.6 Å². The number of benzene rings is 4. The molecular weight excluding hydrogens is 617 g/mol. The van der Waals surface area contributed by atoms with Crippen LogP contribution in [0.2, 0.25) is 0 Å². The van der Waals surface area contributed by atoms with Crippen molar-refractivity contribution in [3.8, 4) is 5.75 Å². The number of carbonyl (C=O) groups excluding carboxylic acids is 2. The van der Waals surface area contributed by atoms with E-state index in [2.05, 4.69) is 5.32 Å². The van der Waals surface area contributed by atoms with E-state index < -0.39 is 34.3 Å². The van der Waals surface area contributed by atoms with Crippen LogP contribution >= 0.6 is 0 Å². The summed E-state index contributed by atoms with van der Waals surface area (Å²) in [5.41, 5.74) is 1.19. The first-order valence-corrected chi connectivity index (χ1v) is 17.4. The van der Waals surface area contributed by atoms with Crippen LogP contribution in [-0.4, -0.2) is 50.4 Å². The molecule has 0 radical (unpaired) electrons. The van der Waals surface area contributed by atoms with Gasteiger partial charge >= 0.3 is 0 Å². The molecule has 4 aromatic carbocycles. The van der Waals surface area contributed by atoms with Crippen molar-refractivity contribution in [2.45, 2.75) is 62.6 Å². The third-order valence-corrected chi connectivity index (χ3v) is 10.1. The molecule has 0 aromatic heterocycles. The quantitative estimate of drug-likeness (QED) is 0.176. The molecule has 0 heterocycles. The van der Waals surface area contributed by atoms with Gasteiger partial charge in [0.25, 0.3) is 10.0 Å². The Morgan fingerprint density at radius 3 is 2.17 bits per heavy atom. The van der Waals surface area contributed by atoms with Crippen LogP contribution in [0.5, 0.6) is 5.75 Å². The molecule has 0 saturated heterocycles. The number of sulfonamides is 1. The lowest BCUT2D eigenvalue weighted by molar-refractivity contribution is -0.140. The SMILES string of the molecule is CCOc1ccccc1N(CC(=O)N(Cc1ccccc1F)[C@@H](Cc1ccccc1)C(=O)NC1CCCC1)S(=O)(=O)c1ccccc1. The van der Waals surface area contributed by atoms with Gasteiger partial charge in [0.2, 0.25) is 11.8 Å². The number of hydrogen-bond donors (Lipinski definition) is 1. The molecule has 1 atom stereocenters. The van der Waals surface area contributed by atoms with E-state index in [-0.39, 0.29) is 53.4 Å². The van der Waals surface area contributed by atoms with Gasteiger partial charge in [-0.1, -0.05) is 91.7 Å². The van der Waals surface area contributed by atoms with E-state index >= 15 is 4.39 Å². The number of para-hydroxylation sites is 2. The Morgan fingerprint density at radius 2 is 1.49 bits per heavy atom. The van der Waals surface area contributed by atoms with Gasteiger partial charge in [-0.2, -0.15) is 0 Å². The van der Waals surface area contributed by atoms with E-state index in [1.165, 1.54) is 23.1 Å². The molecule has 10 heteroatoms. The van der Waals surface area contributed by atoms with Crippen LogP contribution < -0.4 is 14.4 Å².